The molecule has 1 aliphatic rings. The third-order valence-corrected chi connectivity index (χ3v) is 3.64. The Bertz CT molecular complexity index is 778. The van der Waals surface area contributed by atoms with Gasteiger partial charge in [0.2, 0.25) is 5.28 Å². The fourth-order valence-electron chi connectivity index (χ4n) is 2.51. The number of nitrogens with one attached hydrogen (secondary N) is 2. The maximum absolute atomic E-state index is 5.90. The summed E-state index contributed by atoms with van der Waals surface area (Å²) in [6, 6.07) is 8.08. The van der Waals surface area contributed by atoms with Crippen molar-refractivity contribution in [2.24, 2.45) is 0 Å². The maximum atomic E-state index is 5.90. The second-order valence-corrected chi connectivity index (χ2v) is 5.21. The lowest BCUT2D eigenvalue weighted by atomic mass is 10.1. The van der Waals surface area contributed by atoms with Crippen molar-refractivity contribution in [3.05, 3.63) is 41.4 Å². The van der Waals surface area contributed by atoms with Gasteiger partial charge in [0, 0.05) is 6.42 Å². The molecule has 6 nitrogen and oxygen atoms in total. The van der Waals surface area contributed by atoms with E-state index in [2.05, 4.69) is 31.3 Å². The first-order valence-corrected chi connectivity index (χ1v) is 7.02. The van der Waals surface area contributed by atoms with Gasteiger partial charge in [-0.15, -0.1) is 0 Å². The van der Waals surface area contributed by atoms with Crippen LogP contribution in [0.1, 0.15) is 5.56 Å². The monoisotopic (exact) mass is 301 g/mol. The smallest absolute Gasteiger partial charge is 0.226 e. The van der Waals surface area contributed by atoms with Gasteiger partial charge in [0.05, 0.1) is 12.9 Å². The van der Waals surface area contributed by atoms with Crippen LogP contribution in [0.4, 0.5) is 5.82 Å². The van der Waals surface area contributed by atoms with E-state index in [1.165, 1.54) is 5.56 Å². The van der Waals surface area contributed by atoms with Gasteiger partial charge in [-0.2, -0.15) is 9.97 Å². The highest BCUT2D eigenvalue weighted by Gasteiger charge is 2.22. The van der Waals surface area contributed by atoms with E-state index in [1.807, 2.05) is 18.2 Å². The molecule has 1 unspecified atom stereocenters. The molecule has 0 saturated heterocycles. The molecular formula is C14H12ClN5O. The van der Waals surface area contributed by atoms with Crippen molar-refractivity contribution < 1.29 is 4.74 Å². The minimum atomic E-state index is 0.0779. The Balaban J connectivity index is 1.51. The van der Waals surface area contributed by atoms with Crippen molar-refractivity contribution in [1.29, 1.82) is 0 Å². The molecule has 0 saturated carbocycles. The Kier molecular flexibility index (Phi) is 2.89. The molecule has 3 heterocycles. The number of hydrogen-bond donors (Lipinski definition) is 2. The van der Waals surface area contributed by atoms with Gasteiger partial charge >= 0.3 is 0 Å². The molecule has 0 aliphatic carbocycles. The van der Waals surface area contributed by atoms with Crippen molar-refractivity contribution in [3.63, 3.8) is 0 Å². The standard InChI is InChI=1S/C14H12ClN5O/c15-14-19-12(11-13(20-14)18-7-17-11)16-6-9-5-8-3-1-2-4-10(8)21-9/h1-4,7,9H,5-6H2,(H2,16,17,18,19,20). The van der Waals surface area contributed by atoms with Gasteiger partial charge in [-0.1, -0.05) is 18.2 Å². The van der Waals surface area contributed by atoms with E-state index < -0.39 is 0 Å². The Morgan fingerprint density at radius 3 is 3.14 bits per heavy atom. The van der Waals surface area contributed by atoms with Crippen LogP contribution in [0.5, 0.6) is 5.75 Å². The van der Waals surface area contributed by atoms with Gasteiger partial charge in [-0.05, 0) is 23.2 Å². The number of nitrogens with zero attached hydrogens (tertiary/aromatic N) is 3. The van der Waals surface area contributed by atoms with E-state index in [9.17, 15) is 0 Å². The minimum absolute atomic E-state index is 0.0779. The summed E-state index contributed by atoms with van der Waals surface area (Å²) in [6.07, 6.45) is 2.53. The predicted octanol–water partition coefficient (Wildman–Crippen LogP) is 2.42. The summed E-state index contributed by atoms with van der Waals surface area (Å²) in [5, 5.41) is 3.43. The zero-order valence-electron chi connectivity index (χ0n) is 11.0. The molecule has 1 aromatic carbocycles. The summed E-state index contributed by atoms with van der Waals surface area (Å²) in [5.41, 5.74) is 2.53. The van der Waals surface area contributed by atoms with Gasteiger partial charge in [0.1, 0.15) is 17.4 Å². The highest BCUT2D eigenvalue weighted by Crippen LogP contribution is 2.28. The molecule has 4 rings (SSSR count). The number of fused-ring (bicyclic) bond motifs is 2. The third-order valence-electron chi connectivity index (χ3n) is 3.47. The zero-order chi connectivity index (χ0) is 14.2. The Labute approximate surface area is 125 Å². The van der Waals surface area contributed by atoms with Crippen LogP contribution >= 0.6 is 11.6 Å². The number of halogens is 1. The summed E-state index contributed by atoms with van der Waals surface area (Å²) in [7, 11) is 0. The van der Waals surface area contributed by atoms with Crippen LogP contribution in [0.3, 0.4) is 0 Å². The number of ether oxygens (including phenoxy) is 1. The highest BCUT2D eigenvalue weighted by atomic mass is 35.5. The Morgan fingerprint density at radius 2 is 2.24 bits per heavy atom. The number of aromatic nitrogens is 4. The van der Waals surface area contributed by atoms with Crippen LogP contribution in [-0.2, 0) is 6.42 Å². The Hall–Kier alpha value is -2.34. The highest BCUT2D eigenvalue weighted by molar-refractivity contribution is 6.28. The van der Waals surface area contributed by atoms with E-state index in [-0.39, 0.29) is 11.4 Å². The van der Waals surface area contributed by atoms with Crippen LogP contribution < -0.4 is 10.1 Å². The van der Waals surface area contributed by atoms with E-state index in [4.69, 9.17) is 16.3 Å². The molecule has 106 valence electrons. The minimum Gasteiger partial charge on any atom is -0.488 e. The fraction of sp³-hybridized carbons (Fsp3) is 0.214. The van der Waals surface area contributed by atoms with Crippen LogP contribution in [-0.4, -0.2) is 32.6 Å². The van der Waals surface area contributed by atoms with Gasteiger partial charge in [-0.25, -0.2) is 4.98 Å². The molecule has 1 atom stereocenters. The lowest BCUT2D eigenvalue weighted by Crippen LogP contribution is -2.24. The number of para-hydroxylation sites is 1. The first-order chi connectivity index (χ1) is 10.3. The molecular weight excluding hydrogens is 290 g/mol. The van der Waals surface area contributed by atoms with Crippen molar-refractivity contribution >= 4 is 28.6 Å². The molecule has 7 heteroatoms. The van der Waals surface area contributed by atoms with Crippen LogP contribution in [0.25, 0.3) is 11.2 Å². The average Bonchev–Trinajstić information content (AvgIpc) is 3.10. The Morgan fingerprint density at radius 1 is 1.33 bits per heavy atom. The van der Waals surface area contributed by atoms with Gasteiger partial charge in [0.15, 0.2) is 11.5 Å². The molecule has 1 aliphatic heterocycles. The largest absolute Gasteiger partial charge is 0.488 e. The molecule has 0 amide bonds. The van der Waals surface area contributed by atoms with E-state index in [1.54, 1.807) is 6.33 Å². The molecule has 2 aromatic heterocycles. The molecule has 0 radical (unpaired) electrons. The van der Waals surface area contributed by atoms with Crippen LogP contribution in [0.15, 0.2) is 30.6 Å². The average molecular weight is 302 g/mol. The number of anilines is 1. The summed E-state index contributed by atoms with van der Waals surface area (Å²) < 4.78 is 5.89. The number of rotatable bonds is 3. The first-order valence-electron chi connectivity index (χ1n) is 6.64. The molecule has 2 N–H and O–H groups in total. The summed E-state index contributed by atoms with van der Waals surface area (Å²) in [6.45, 7) is 0.635. The van der Waals surface area contributed by atoms with Gasteiger partial charge < -0.3 is 15.0 Å². The quantitative estimate of drug-likeness (QED) is 0.727. The number of hydrogen-bond acceptors (Lipinski definition) is 5. The van der Waals surface area contributed by atoms with Gasteiger partial charge in [-0.3, -0.25) is 0 Å². The predicted molar refractivity (Wildman–Crippen MR) is 79.7 cm³/mol. The second kappa shape index (κ2) is 4.89. The van der Waals surface area contributed by atoms with Crippen molar-refractivity contribution in [2.75, 3.05) is 11.9 Å². The van der Waals surface area contributed by atoms with E-state index in [0.29, 0.717) is 18.0 Å². The molecule has 0 fully saturated rings. The normalized spacial score (nSPS) is 16.7. The summed E-state index contributed by atoms with van der Waals surface area (Å²) >= 11 is 5.90. The van der Waals surface area contributed by atoms with Crippen molar-refractivity contribution in [1.82, 2.24) is 19.9 Å². The van der Waals surface area contributed by atoms with Crippen LogP contribution in [0, 0.1) is 0 Å². The number of H-pyrrole nitrogens is 1. The van der Waals surface area contributed by atoms with E-state index >= 15 is 0 Å². The maximum Gasteiger partial charge on any atom is 0.226 e. The van der Waals surface area contributed by atoms with E-state index in [0.717, 1.165) is 17.7 Å². The summed E-state index contributed by atoms with van der Waals surface area (Å²) in [5.74, 6) is 1.60. The molecule has 0 bridgehead atoms. The lowest BCUT2D eigenvalue weighted by molar-refractivity contribution is 0.246. The number of benzene rings is 1. The van der Waals surface area contributed by atoms with Crippen molar-refractivity contribution in [2.45, 2.75) is 12.5 Å². The van der Waals surface area contributed by atoms with Crippen LogP contribution in [0.2, 0.25) is 5.28 Å². The summed E-state index contributed by atoms with van der Waals surface area (Å²) in [4.78, 5) is 15.3. The first kappa shape index (κ1) is 12.4. The molecule has 3 aromatic rings. The van der Waals surface area contributed by atoms with Crippen molar-refractivity contribution in [3.8, 4) is 5.75 Å². The fourth-order valence-corrected chi connectivity index (χ4v) is 2.68. The third kappa shape index (κ3) is 2.27. The second-order valence-electron chi connectivity index (χ2n) is 4.87. The SMILES string of the molecule is Clc1nc(NCC2Cc3ccccc3O2)c2[nH]cnc2n1. The molecule has 21 heavy (non-hydrogen) atoms. The van der Waals surface area contributed by atoms with Gasteiger partial charge in [0.25, 0.3) is 0 Å². The molecule has 0 spiro atoms. The topological polar surface area (TPSA) is 75.7 Å². The zero-order valence-corrected chi connectivity index (χ0v) is 11.8. The lowest BCUT2D eigenvalue weighted by Gasteiger charge is -2.12. The number of aromatic amines is 1. The number of imidazole rings is 1.